The van der Waals surface area contributed by atoms with Crippen molar-refractivity contribution in [3.8, 4) is 0 Å². The van der Waals surface area contributed by atoms with E-state index in [-0.39, 0.29) is 11.6 Å². The summed E-state index contributed by atoms with van der Waals surface area (Å²) in [5, 5.41) is 4.39. The molecule has 2 rings (SSSR count). The number of nitrogens with one attached hydrogen (secondary N) is 1. The van der Waals surface area contributed by atoms with Gasteiger partial charge in [-0.05, 0) is 6.07 Å². The molecule has 0 spiro atoms. The fourth-order valence-electron chi connectivity index (χ4n) is 2.59. The average molecular weight is 254 g/mol. The van der Waals surface area contributed by atoms with Crippen LogP contribution in [0.25, 0.3) is 0 Å². The fourth-order valence-corrected chi connectivity index (χ4v) is 2.59. The van der Waals surface area contributed by atoms with Gasteiger partial charge < -0.3 is 9.47 Å². The van der Waals surface area contributed by atoms with E-state index in [1.54, 1.807) is 11.8 Å². The molecular weight excluding hydrogens is 232 g/mol. The number of nitrogens with zero attached hydrogens (tertiary/aromatic N) is 2. The van der Waals surface area contributed by atoms with Gasteiger partial charge in [-0.15, -0.1) is 0 Å². The highest BCUT2D eigenvalue weighted by Crippen LogP contribution is 2.29. The molecule has 18 heavy (non-hydrogen) atoms. The topological polar surface area (TPSA) is 74.3 Å². The van der Waals surface area contributed by atoms with Gasteiger partial charge in [-0.3, -0.25) is 16.0 Å². The summed E-state index contributed by atoms with van der Waals surface area (Å²) >= 11 is 0. The van der Waals surface area contributed by atoms with Crippen molar-refractivity contribution in [1.82, 2.24) is 15.2 Å². The highest BCUT2D eigenvalue weighted by Gasteiger charge is 2.40. The van der Waals surface area contributed by atoms with Gasteiger partial charge in [0.05, 0.1) is 17.3 Å². The van der Waals surface area contributed by atoms with Crippen LogP contribution in [0.1, 0.15) is 18.5 Å². The Labute approximate surface area is 107 Å². The van der Waals surface area contributed by atoms with E-state index >= 15 is 0 Å². The third-order valence-corrected chi connectivity index (χ3v) is 3.76. The number of aromatic nitrogens is 2. The van der Waals surface area contributed by atoms with Crippen LogP contribution in [0.5, 0.6) is 0 Å². The van der Waals surface area contributed by atoms with Crippen molar-refractivity contribution in [3.63, 3.8) is 0 Å². The summed E-state index contributed by atoms with van der Waals surface area (Å²) in [5.41, 5.74) is 3.65. The van der Waals surface area contributed by atoms with E-state index in [0.29, 0.717) is 13.2 Å². The van der Waals surface area contributed by atoms with Gasteiger partial charge in [0.1, 0.15) is 0 Å². The summed E-state index contributed by atoms with van der Waals surface area (Å²) in [4.78, 5) is 0. The quantitative estimate of drug-likeness (QED) is 0.571. The molecule has 6 heteroatoms. The Kier molecular flexibility index (Phi) is 4.34. The summed E-state index contributed by atoms with van der Waals surface area (Å²) in [6.45, 7) is 1.43. The Morgan fingerprint density at radius 3 is 2.83 bits per heavy atom. The smallest absolute Gasteiger partial charge is 0.0891 e. The molecule has 3 N–H and O–H groups in total. The van der Waals surface area contributed by atoms with Crippen LogP contribution in [-0.4, -0.2) is 41.7 Å². The van der Waals surface area contributed by atoms with Crippen LogP contribution in [0, 0.1) is 0 Å². The van der Waals surface area contributed by atoms with E-state index in [2.05, 4.69) is 10.5 Å². The lowest BCUT2D eigenvalue weighted by Gasteiger charge is -2.41. The molecule has 0 radical (unpaired) electrons. The molecule has 1 aliphatic heterocycles. The number of hydrogen-bond acceptors (Lipinski definition) is 5. The van der Waals surface area contributed by atoms with Crippen LogP contribution < -0.4 is 11.3 Å². The number of hydrazine groups is 1. The van der Waals surface area contributed by atoms with Crippen molar-refractivity contribution in [1.29, 1.82) is 0 Å². The molecule has 0 aromatic carbocycles. The molecule has 1 aliphatic rings. The molecular formula is C12H22N4O2. The number of ether oxygens (including phenoxy) is 2. The number of nitrogens with two attached hydrogens (primary N) is 1. The Bertz CT molecular complexity index is 374. The highest BCUT2D eigenvalue weighted by atomic mass is 16.5. The molecule has 0 aliphatic carbocycles. The average Bonchev–Trinajstić information content (AvgIpc) is 2.82. The fraction of sp³-hybridized carbons (Fsp3) is 0.750. The van der Waals surface area contributed by atoms with E-state index < -0.39 is 0 Å². The van der Waals surface area contributed by atoms with Crippen LogP contribution >= 0.6 is 0 Å². The van der Waals surface area contributed by atoms with Crippen molar-refractivity contribution >= 4 is 0 Å². The molecule has 0 bridgehead atoms. The zero-order valence-corrected chi connectivity index (χ0v) is 11.1. The normalized spacial score (nSPS) is 20.8. The van der Waals surface area contributed by atoms with E-state index in [0.717, 1.165) is 25.0 Å². The predicted octanol–water partition coefficient (Wildman–Crippen LogP) is -0.00990. The summed E-state index contributed by atoms with van der Waals surface area (Å²) in [6, 6.07) is 2.05. The Hall–Kier alpha value is -0.950. The van der Waals surface area contributed by atoms with E-state index in [4.69, 9.17) is 15.3 Å². The van der Waals surface area contributed by atoms with Crippen molar-refractivity contribution in [3.05, 3.63) is 18.0 Å². The summed E-state index contributed by atoms with van der Waals surface area (Å²) < 4.78 is 13.0. The van der Waals surface area contributed by atoms with Crippen LogP contribution in [0.3, 0.4) is 0 Å². The predicted molar refractivity (Wildman–Crippen MR) is 67.8 cm³/mol. The van der Waals surface area contributed by atoms with Crippen molar-refractivity contribution in [2.24, 2.45) is 12.9 Å². The molecule has 1 fully saturated rings. The van der Waals surface area contributed by atoms with Crippen molar-refractivity contribution in [2.45, 2.75) is 30.9 Å². The summed E-state index contributed by atoms with van der Waals surface area (Å²) in [6.07, 6.45) is 4.40. The zero-order chi connectivity index (χ0) is 13.0. The highest BCUT2D eigenvalue weighted by molar-refractivity contribution is 5.06. The number of methoxy groups -OCH3 is 1. The Balaban J connectivity index is 2.10. The van der Waals surface area contributed by atoms with E-state index in [9.17, 15) is 0 Å². The van der Waals surface area contributed by atoms with Gasteiger partial charge in [-0.2, -0.15) is 5.10 Å². The van der Waals surface area contributed by atoms with Crippen LogP contribution in [0.15, 0.2) is 12.3 Å². The van der Waals surface area contributed by atoms with Crippen molar-refractivity contribution in [2.75, 3.05) is 20.3 Å². The second-order valence-corrected chi connectivity index (χ2v) is 4.79. The first kappa shape index (κ1) is 13.5. The van der Waals surface area contributed by atoms with Gasteiger partial charge in [-0.1, -0.05) is 0 Å². The SMILES string of the molecule is COC1(C(Cc2ccn(C)n2)NN)CCOCC1. The van der Waals surface area contributed by atoms with Crippen molar-refractivity contribution < 1.29 is 9.47 Å². The molecule has 1 unspecified atom stereocenters. The zero-order valence-electron chi connectivity index (χ0n) is 11.1. The maximum atomic E-state index is 5.75. The van der Waals surface area contributed by atoms with Crippen LogP contribution in [-0.2, 0) is 22.9 Å². The standard InChI is InChI=1S/C12H22N4O2/c1-16-6-3-10(15-16)9-11(14-13)12(17-2)4-7-18-8-5-12/h3,6,11,14H,4-5,7-9,13H2,1-2H3. The van der Waals surface area contributed by atoms with E-state index in [1.807, 2.05) is 19.3 Å². The number of hydrogen-bond donors (Lipinski definition) is 2. The van der Waals surface area contributed by atoms with E-state index in [1.165, 1.54) is 0 Å². The van der Waals surface area contributed by atoms with Gasteiger partial charge >= 0.3 is 0 Å². The minimum atomic E-state index is -0.259. The second-order valence-electron chi connectivity index (χ2n) is 4.79. The number of aryl methyl sites for hydroxylation is 1. The Morgan fingerprint density at radius 2 is 2.33 bits per heavy atom. The third-order valence-electron chi connectivity index (χ3n) is 3.76. The molecule has 0 amide bonds. The minimum Gasteiger partial charge on any atom is -0.381 e. The molecule has 1 aromatic rings. The lowest BCUT2D eigenvalue weighted by atomic mass is 9.84. The lowest BCUT2D eigenvalue weighted by molar-refractivity contribution is -0.110. The van der Waals surface area contributed by atoms with Gasteiger partial charge in [0, 0.05) is 52.8 Å². The maximum absolute atomic E-state index is 5.75. The molecule has 6 nitrogen and oxygen atoms in total. The molecule has 2 heterocycles. The lowest BCUT2D eigenvalue weighted by Crippen LogP contribution is -2.58. The maximum Gasteiger partial charge on any atom is 0.0891 e. The second kappa shape index (κ2) is 5.79. The first-order valence-corrected chi connectivity index (χ1v) is 6.28. The summed E-state index contributed by atoms with van der Waals surface area (Å²) in [7, 11) is 3.66. The molecule has 1 saturated heterocycles. The van der Waals surface area contributed by atoms with Crippen LogP contribution in [0.4, 0.5) is 0 Å². The molecule has 1 atom stereocenters. The number of rotatable bonds is 5. The van der Waals surface area contributed by atoms with Gasteiger partial charge in [0.25, 0.3) is 0 Å². The molecule has 1 aromatic heterocycles. The largest absolute Gasteiger partial charge is 0.381 e. The van der Waals surface area contributed by atoms with Gasteiger partial charge in [0.15, 0.2) is 0 Å². The third kappa shape index (κ3) is 2.72. The first-order valence-electron chi connectivity index (χ1n) is 6.28. The van der Waals surface area contributed by atoms with Gasteiger partial charge in [-0.25, -0.2) is 0 Å². The van der Waals surface area contributed by atoms with Crippen LogP contribution in [0.2, 0.25) is 0 Å². The Morgan fingerprint density at radius 1 is 1.61 bits per heavy atom. The minimum absolute atomic E-state index is 0.0429. The van der Waals surface area contributed by atoms with Gasteiger partial charge in [0.2, 0.25) is 0 Å². The monoisotopic (exact) mass is 254 g/mol. The molecule has 102 valence electrons. The summed E-state index contributed by atoms with van der Waals surface area (Å²) in [5.74, 6) is 5.71. The molecule has 0 saturated carbocycles. The first-order chi connectivity index (χ1) is 8.70.